The second-order valence-corrected chi connectivity index (χ2v) is 11.0. The average molecular weight is 767 g/mol. The number of hydrogen-bond donors (Lipinski definition) is 1. The number of rotatable bonds is 1. The summed E-state index contributed by atoms with van der Waals surface area (Å²) in [5, 5.41) is 0. The molecule has 4 nitrogen and oxygen atoms in total. The number of aromatic nitrogens is 4. The molecule has 168 valence electrons. The number of H-pyrrole nitrogens is 1. The normalized spacial score (nSPS) is 12.1. The summed E-state index contributed by atoms with van der Waals surface area (Å²) in [6.45, 7) is 0. The zero-order valence-corrected chi connectivity index (χ0v) is 27.4. The van der Waals surface area contributed by atoms with Crippen LogP contribution in [0, 0.1) is 0 Å². The van der Waals surface area contributed by atoms with Gasteiger partial charge in [0.2, 0.25) is 0 Å². The number of nitrogens with zero attached hydrogens (tertiary/aromatic N) is 3. The van der Waals surface area contributed by atoms with Crippen LogP contribution in [0.1, 0.15) is 22.8 Å². The van der Waals surface area contributed by atoms with Gasteiger partial charge in [0.05, 0.1) is 64.4 Å². The first-order chi connectivity index (χ1) is 16.5. The monoisotopic (exact) mass is 762 g/mol. The van der Waals surface area contributed by atoms with Crippen molar-refractivity contribution in [3.8, 4) is 11.1 Å². The third-order valence-electron chi connectivity index (χ3n) is 5.62. The molecule has 2 aliphatic rings. The minimum atomic E-state index is 0. The SMILES string of the molecule is Brc1cc2cc3nc(cc4nc(cc5c(-c6ccccc6)c(Br)c(c(Br)c1[nH]2)n5Br)C=C4)C=C3.[Zn]. The Morgan fingerprint density at radius 2 is 1.31 bits per heavy atom. The van der Waals surface area contributed by atoms with Crippen LogP contribution in [0.15, 0.2) is 68.0 Å². The summed E-state index contributed by atoms with van der Waals surface area (Å²) in [6, 6.07) is 18.5. The van der Waals surface area contributed by atoms with E-state index in [1.54, 1.807) is 0 Å². The molecule has 2 aliphatic heterocycles. The molecule has 5 heterocycles. The van der Waals surface area contributed by atoms with Crippen LogP contribution in [-0.2, 0) is 19.5 Å². The van der Waals surface area contributed by atoms with Crippen molar-refractivity contribution < 1.29 is 19.5 Å². The standard InChI is InChI=1S/C26H14Br4N4.Zn/c27-20-12-19-11-17-7-6-15(31-17)10-16-8-9-18(32-16)13-21-22(14-4-2-1-3-5-14)23(28)26(34(21)30)24(29)25(20)33-19;/h1-13,33H;. The van der Waals surface area contributed by atoms with Crippen molar-refractivity contribution in [2.75, 3.05) is 0 Å². The van der Waals surface area contributed by atoms with E-state index in [1.807, 2.05) is 58.2 Å². The fourth-order valence-electron chi connectivity index (χ4n) is 4.09. The van der Waals surface area contributed by atoms with Gasteiger partial charge in [-0.05, 0) is 102 Å². The Labute approximate surface area is 248 Å². The molecule has 8 bridgehead atoms. The fraction of sp³-hybridized carbons (Fsp3) is 0. The summed E-state index contributed by atoms with van der Waals surface area (Å²) in [5.74, 6) is 0. The third kappa shape index (κ3) is 4.62. The Morgan fingerprint density at radius 1 is 0.714 bits per heavy atom. The van der Waals surface area contributed by atoms with Gasteiger partial charge in [0.1, 0.15) is 0 Å². The Morgan fingerprint density at radius 3 is 1.97 bits per heavy atom. The van der Waals surface area contributed by atoms with Crippen molar-refractivity contribution in [2.24, 2.45) is 0 Å². The largest absolute Gasteiger partial charge is 0.354 e. The molecular formula is C26H14Br4N4Zn. The summed E-state index contributed by atoms with van der Waals surface area (Å²) >= 11 is 15.3. The first kappa shape index (κ1) is 25.0. The second-order valence-electron chi connectivity index (χ2n) is 7.85. The van der Waals surface area contributed by atoms with Crippen molar-refractivity contribution >= 4 is 110 Å². The number of halogens is 4. The van der Waals surface area contributed by atoms with E-state index in [-0.39, 0.29) is 19.5 Å². The first-order valence-electron chi connectivity index (χ1n) is 10.4. The summed E-state index contributed by atoms with van der Waals surface area (Å²) < 4.78 is 4.81. The molecule has 0 aliphatic carbocycles. The smallest absolute Gasteiger partial charge is 0.0838 e. The van der Waals surface area contributed by atoms with Gasteiger partial charge in [0.15, 0.2) is 0 Å². The third-order valence-corrected chi connectivity index (χ3v) is 8.53. The van der Waals surface area contributed by atoms with Gasteiger partial charge in [-0.3, -0.25) is 3.59 Å². The van der Waals surface area contributed by atoms with Gasteiger partial charge in [0.25, 0.3) is 0 Å². The molecule has 0 radical (unpaired) electrons. The molecule has 9 heteroatoms. The number of aromatic amines is 1. The number of nitrogens with one attached hydrogen (secondary N) is 1. The van der Waals surface area contributed by atoms with Crippen molar-refractivity contribution in [2.45, 2.75) is 0 Å². The van der Waals surface area contributed by atoms with Crippen molar-refractivity contribution in [3.05, 3.63) is 90.8 Å². The van der Waals surface area contributed by atoms with Gasteiger partial charge >= 0.3 is 0 Å². The molecule has 3 aromatic heterocycles. The van der Waals surface area contributed by atoms with Gasteiger partial charge in [0, 0.05) is 35.0 Å². The van der Waals surface area contributed by atoms with E-state index in [1.165, 1.54) is 0 Å². The summed E-state index contributed by atoms with van der Waals surface area (Å²) in [6.07, 6.45) is 8.04. The van der Waals surface area contributed by atoms with E-state index >= 15 is 0 Å². The predicted molar refractivity (Wildman–Crippen MR) is 155 cm³/mol. The van der Waals surface area contributed by atoms with Crippen molar-refractivity contribution in [1.82, 2.24) is 18.5 Å². The quantitative estimate of drug-likeness (QED) is 0.170. The van der Waals surface area contributed by atoms with Crippen molar-refractivity contribution in [3.63, 3.8) is 0 Å². The number of benzene rings is 1. The molecule has 6 rings (SSSR count). The topological polar surface area (TPSA) is 46.5 Å². The molecule has 0 saturated heterocycles. The van der Waals surface area contributed by atoms with Crippen LogP contribution in [0.25, 0.3) is 57.5 Å². The van der Waals surface area contributed by atoms with E-state index in [0.29, 0.717) is 0 Å². The van der Waals surface area contributed by atoms with Crippen molar-refractivity contribution in [1.29, 1.82) is 0 Å². The first-order valence-corrected chi connectivity index (χ1v) is 13.5. The molecule has 0 spiro atoms. The maximum absolute atomic E-state index is 4.81. The number of hydrogen-bond acceptors (Lipinski definition) is 2. The summed E-state index contributed by atoms with van der Waals surface area (Å²) in [4.78, 5) is 13.0. The van der Waals surface area contributed by atoms with Crippen LogP contribution >= 0.6 is 63.9 Å². The second kappa shape index (κ2) is 10.0. The molecular weight excluding hydrogens is 753 g/mol. The van der Waals surface area contributed by atoms with Gasteiger partial charge in [-0.25, -0.2) is 9.97 Å². The fourth-order valence-corrected chi connectivity index (χ4v) is 7.77. The molecule has 4 aromatic rings. The van der Waals surface area contributed by atoms with E-state index < -0.39 is 0 Å². The average Bonchev–Trinajstić information content (AvgIpc) is 3.58. The molecule has 0 atom stereocenters. The predicted octanol–water partition coefficient (Wildman–Crippen LogP) is 9.24. The van der Waals surface area contributed by atoms with Crippen LogP contribution in [0.3, 0.4) is 0 Å². The maximum atomic E-state index is 4.81. The molecule has 0 fully saturated rings. The van der Waals surface area contributed by atoms with Crippen LogP contribution < -0.4 is 0 Å². The molecule has 1 N–H and O–H groups in total. The maximum Gasteiger partial charge on any atom is 0.0838 e. The minimum absolute atomic E-state index is 0. The zero-order valence-electron chi connectivity index (χ0n) is 18.1. The Kier molecular flexibility index (Phi) is 7.17. The number of fused-ring (bicyclic) bond motifs is 8. The van der Waals surface area contributed by atoms with Crippen LogP contribution in [-0.4, -0.2) is 18.5 Å². The Hall–Kier alpha value is -1.64. The summed E-state index contributed by atoms with van der Waals surface area (Å²) in [7, 11) is 0. The van der Waals surface area contributed by atoms with Crippen LogP contribution in [0.2, 0.25) is 0 Å². The van der Waals surface area contributed by atoms with E-state index in [9.17, 15) is 0 Å². The van der Waals surface area contributed by atoms with Gasteiger partial charge in [-0.1, -0.05) is 30.3 Å². The van der Waals surface area contributed by atoms with E-state index in [0.717, 1.165) is 69.4 Å². The molecule has 1 aromatic carbocycles. The molecule has 0 unspecified atom stereocenters. The molecule has 0 saturated carbocycles. The van der Waals surface area contributed by atoms with Gasteiger partial charge in [-0.2, -0.15) is 0 Å². The van der Waals surface area contributed by atoms with Crippen LogP contribution in [0.4, 0.5) is 0 Å². The Balaban J connectivity index is 0.00000253. The van der Waals surface area contributed by atoms with Crippen LogP contribution in [0.5, 0.6) is 0 Å². The van der Waals surface area contributed by atoms with Gasteiger partial charge < -0.3 is 4.98 Å². The Bertz CT molecular complexity index is 1700. The zero-order chi connectivity index (χ0) is 23.4. The van der Waals surface area contributed by atoms with E-state index in [2.05, 4.69) is 93.2 Å². The molecule has 35 heavy (non-hydrogen) atoms. The molecule has 0 amide bonds. The van der Waals surface area contributed by atoms with Gasteiger partial charge in [-0.15, -0.1) is 0 Å². The van der Waals surface area contributed by atoms with E-state index in [4.69, 9.17) is 9.97 Å². The minimum Gasteiger partial charge on any atom is -0.354 e. The summed E-state index contributed by atoms with van der Waals surface area (Å²) in [5.41, 5.74) is 9.46.